The number of nitrogens with two attached hydrogens (primary N) is 1. The van der Waals surface area contributed by atoms with Crippen molar-refractivity contribution in [1.29, 1.82) is 0 Å². The summed E-state index contributed by atoms with van der Waals surface area (Å²) in [5.41, 5.74) is 5.80. The lowest BCUT2D eigenvalue weighted by atomic mass is 9.99. The minimum absolute atomic E-state index is 0.331. The Labute approximate surface area is 76.1 Å². The lowest BCUT2D eigenvalue weighted by Crippen LogP contribution is -2.44. The minimum atomic E-state index is 0.331. The molecule has 1 aliphatic heterocycles. The zero-order valence-electron chi connectivity index (χ0n) is 8.42. The monoisotopic (exact) mass is 170 g/mol. The van der Waals surface area contributed by atoms with Gasteiger partial charge in [0.25, 0.3) is 0 Å². The van der Waals surface area contributed by atoms with E-state index < -0.39 is 0 Å². The highest BCUT2D eigenvalue weighted by Crippen LogP contribution is 2.18. The summed E-state index contributed by atoms with van der Waals surface area (Å²) in [7, 11) is 0. The largest absolute Gasteiger partial charge is 0.327 e. The molecule has 0 spiro atoms. The van der Waals surface area contributed by atoms with Crippen molar-refractivity contribution in [1.82, 2.24) is 4.90 Å². The van der Waals surface area contributed by atoms with Crippen molar-refractivity contribution in [3.63, 3.8) is 0 Å². The van der Waals surface area contributed by atoms with Gasteiger partial charge < -0.3 is 5.73 Å². The van der Waals surface area contributed by atoms with E-state index in [1.54, 1.807) is 0 Å². The summed E-state index contributed by atoms with van der Waals surface area (Å²) < 4.78 is 0. The molecule has 2 atom stereocenters. The maximum atomic E-state index is 5.80. The molecule has 0 saturated carbocycles. The van der Waals surface area contributed by atoms with Crippen LogP contribution in [0.2, 0.25) is 0 Å². The van der Waals surface area contributed by atoms with Gasteiger partial charge in [-0.05, 0) is 32.7 Å². The average molecular weight is 170 g/mol. The standard InChI is InChI=1S/C10H22N2/c1-3-10-6-4-5-7-12(10)8-9(2)11/h9-10H,3-8,11H2,1-2H3. The van der Waals surface area contributed by atoms with Crippen molar-refractivity contribution in [2.45, 2.75) is 51.6 Å². The summed E-state index contributed by atoms with van der Waals surface area (Å²) in [6.07, 6.45) is 5.44. The molecule has 72 valence electrons. The van der Waals surface area contributed by atoms with Crippen LogP contribution in [0, 0.1) is 0 Å². The van der Waals surface area contributed by atoms with E-state index in [1.807, 2.05) is 0 Å². The highest BCUT2D eigenvalue weighted by atomic mass is 15.2. The second-order valence-corrected chi connectivity index (χ2v) is 4.03. The van der Waals surface area contributed by atoms with E-state index in [2.05, 4.69) is 18.7 Å². The number of likely N-dealkylation sites (tertiary alicyclic amines) is 1. The Kier molecular flexibility index (Phi) is 4.02. The molecule has 2 heteroatoms. The Hall–Kier alpha value is -0.0800. The first kappa shape index (κ1) is 10.0. The second-order valence-electron chi connectivity index (χ2n) is 4.03. The number of hydrogen-bond acceptors (Lipinski definition) is 2. The number of hydrogen-bond donors (Lipinski definition) is 1. The molecule has 1 aliphatic rings. The molecule has 1 heterocycles. The van der Waals surface area contributed by atoms with E-state index in [-0.39, 0.29) is 0 Å². The van der Waals surface area contributed by atoms with Crippen LogP contribution in [-0.2, 0) is 0 Å². The molecular weight excluding hydrogens is 148 g/mol. The third-order valence-electron chi connectivity index (χ3n) is 2.74. The molecule has 0 aromatic heterocycles. The van der Waals surface area contributed by atoms with Crippen molar-refractivity contribution < 1.29 is 0 Å². The Morgan fingerprint density at radius 2 is 2.25 bits per heavy atom. The predicted molar refractivity (Wildman–Crippen MR) is 53.2 cm³/mol. The third-order valence-corrected chi connectivity index (χ3v) is 2.74. The van der Waals surface area contributed by atoms with Gasteiger partial charge in [0, 0.05) is 18.6 Å². The van der Waals surface area contributed by atoms with Crippen molar-refractivity contribution in [3.05, 3.63) is 0 Å². The van der Waals surface area contributed by atoms with Crippen LogP contribution >= 0.6 is 0 Å². The molecule has 0 radical (unpaired) electrons. The first-order valence-electron chi connectivity index (χ1n) is 5.23. The van der Waals surface area contributed by atoms with Crippen LogP contribution in [-0.4, -0.2) is 30.1 Å². The topological polar surface area (TPSA) is 29.3 Å². The van der Waals surface area contributed by atoms with Crippen molar-refractivity contribution >= 4 is 0 Å². The maximum absolute atomic E-state index is 5.80. The summed E-state index contributed by atoms with van der Waals surface area (Å²) in [5, 5.41) is 0. The Morgan fingerprint density at radius 3 is 2.83 bits per heavy atom. The molecule has 0 bridgehead atoms. The van der Waals surface area contributed by atoms with E-state index in [1.165, 1.54) is 32.2 Å². The van der Waals surface area contributed by atoms with E-state index in [0.29, 0.717) is 6.04 Å². The minimum Gasteiger partial charge on any atom is -0.327 e. The van der Waals surface area contributed by atoms with Gasteiger partial charge in [0.05, 0.1) is 0 Å². The summed E-state index contributed by atoms with van der Waals surface area (Å²) in [6.45, 7) is 6.73. The van der Waals surface area contributed by atoms with E-state index in [9.17, 15) is 0 Å². The van der Waals surface area contributed by atoms with Gasteiger partial charge in [0.1, 0.15) is 0 Å². The van der Waals surface area contributed by atoms with Gasteiger partial charge in [-0.3, -0.25) is 4.90 Å². The van der Waals surface area contributed by atoms with Crippen molar-refractivity contribution in [3.8, 4) is 0 Å². The van der Waals surface area contributed by atoms with E-state index in [4.69, 9.17) is 5.73 Å². The summed E-state index contributed by atoms with van der Waals surface area (Å²) in [4.78, 5) is 2.56. The summed E-state index contributed by atoms with van der Waals surface area (Å²) in [5.74, 6) is 0. The number of nitrogens with zero attached hydrogens (tertiary/aromatic N) is 1. The fourth-order valence-corrected chi connectivity index (χ4v) is 2.13. The summed E-state index contributed by atoms with van der Waals surface area (Å²) >= 11 is 0. The fourth-order valence-electron chi connectivity index (χ4n) is 2.13. The molecule has 0 aliphatic carbocycles. The second kappa shape index (κ2) is 4.83. The lowest BCUT2D eigenvalue weighted by Gasteiger charge is -2.36. The Bertz CT molecular complexity index is 123. The van der Waals surface area contributed by atoms with Gasteiger partial charge >= 0.3 is 0 Å². The Morgan fingerprint density at radius 1 is 1.50 bits per heavy atom. The summed E-state index contributed by atoms with van der Waals surface area (Å²) in [6, 6.07) is 1.14. The predicted octanol–water partition coefficient (Wildman–Crippen LogP) is 1.60. The van der Waals surface area contributed by atoms with Gasteiger partial charge in [0.2, 0.25) is 0 Å². The molecule has 0 aromatic rings. The highest BCUT2D eigenvalue weighted by Gasteiger charge is 2.20. The molecule has 2 N–H and O–H groups in total. The molecule has 2 unspecified atom stereocenters. The molecule has 0 amide bonds. The van der Waals surface area contributed by atoms with Crippen molar-refractivity contribution in [2.24, 2.45) is 5.73 Å². The van der Waals surface area contributed by atoms with Crippen LogP contribution in [0.4, 0.5) is 0 Å². The first-order chi connectivity index (χ1) is 5.74. The van der Waals surface area contributed by atoms with Crippen LogP contribution in [0.5, 0.6) is 0 Å². The molecule has 1 fully saturated rings. The van der Waals surface area contributed by atoms with Gasteiger partial charge in [-0.25, -0.2) is 0 Å². The maximum Gasteiger partial charge on any atom is 0.0139 e. The van der Waals surface area contributed by atoms with Gasteiger partial charge in [-0.2, -0.15) is 0 Å². The molecule has 1 saturated heterocycles. The molecular formula is C10H22N2. The highest BCUT2D eigenvalue weighted by molar-refractivity contribution is 4.77. The van der Waals surface area contributed by atoms with E-state index in [0.717, 1.165) is 12.6 Å². The van der Waals surface area contributed by atoms with Crippen LogP contribution < -0.4 is 5.73 Å². The molecule has 0 aromatic carbocycles. The van der Waals surface area contributed by atoms with Crippen LogP contribution in [0.25, 0.3) is 0 Å². The quantitative estimate of drug-likeness (QED) is 0.697. The molecule has 1 rings (SSSR count). The van der Waals surface area contributed by atoms with Crippen molar-refractivity contribution in [2.75, 3.05) is 13.1 Å². The van der Waals surface area contributed by atoms with Gasteiger partial charge in [-0.1, -0.05) is 13.3 Å². The smallest absolute Gasteiger partial charge is 0.0139 e. The molecule has 12 heavy (non-hydrogen) atoms. The fraction of sp³-hybridized carbons (Fsp3) is 1.00. The average Bonchev–Trinajstić information content (AvgIpc) is 2.04. The van der Waals surface area contributed by atoms with Crippen LogP contribution in [0.3, 0.4) is 0 Å². The van der Waals surface area contributed by atoms with Crippen LogP contribution in [0.1, 0.15) is 39.5 Å². The zero-order chi connectivity index (χ0) is 8.97. The van der Waals surface area contributed by atoms with Gasteiger partial charge in [-0.15, -0.1) is 0 Å². The molecule has 2 nitrogen and oxygen atoms in total. The number of piperidine rings is 1. The number of rotatable bonds is 3. The van der Waals surface area contributed by atoms with Gasteiger partial charge in [0.15, 0.2) is 0 Å². The third kappa shape index (κ3) is 2.76. The first-order valence-corrected chi connectivity index (χ1v) is 5.23. The van der Waals surface area contributed by atoms with E-state index >= 15 is 0 Å². The lowest BCUT2D eigenvalue weighted by molar-refractivity contribution is 0.138. The zero-order valence-corrected chi connectivity index (χ0v) is 8.42. The Balaban J connectivity index is 2.36. The SMILES string of the molecule is CCC1CCCCN1CC(C)N. The normalized spacial score (nSPS) is 28.8. The van der Waals surface area contributed by atoms with Crippen LogP contribution in [0.15, 0.2) is 0 Å².